The molecular formula is C24H26ClFN6O2. The number of nitrogens with one attached hydrogen (secondary N) is 3. The number of hydrogen-bond donors (Lipinski definition) is 3. The van der Waals surface area contributed by atoms with Gasteiger partial charge in [-0.05, 0) is 36.6 Å². The Bertz CT molecular complexity index is 1180. The van der Waals surface area contributed by atoms with Crippen molar-refractivity contribution in [1.29, 1.82) is 0 Å². The van der Waals surface area contributed by atoms with E-state index in [1.165, 1.54) is 30.6 Å². The number of rotatable bonds is 8. The second-order valence-corrected chi connectivity index (χ2v) is 8.89. The van der Waals surface area contributed by atoms with Crippen molar-refractivity contribution in [3.63, 3.8) is 0 Å². The zero-order valence-corrected chi connectivity index (χ0v) is 19.5. The third kappa shape index (κ3) is 5.91. The molecule has 34 heavy (non-hydrogen) atoms. The molecular weight excluding hydrogens is 459 g/mol. The predicted octanol–water partition coefficient (Wildman–Crippen LogP) is 4.67. The summed E-state index contributed by atoms with van der Waals surface area (Å²) in [5.41, 5.74) is 1.33. The summed E-state index contributed by atoms with van der Waals surface area (Å²) in [7, 11) is 1.76. The van der Waals surface area contributed by atoms with Gasteiger partial charge in [0, 0.05) is 31.2 Å². The van der Waals surface area contributed by atoms with E-state index >= 15 is 0 Å². The number of amides is 2. The van der Waals surface area contributed by atoms with Crippen LogP contribution < -0.4 is 16.0 Å². The molecule has 1 saturated carbocycles. The molecule has 10 heteroatoms. The number of aryl methyl sites for hydroxylation is 1. The molecule has 0 aliphatic heterocycles. The minimum atomic E-state index is -0.730. The first kappa shape index (κ1) is 23.7. The molecule has 0 radical (unpaired) electrons. The number of benzene rings is 1. The molecule has 1 fully saturated rings. The summed E-state index contributed by atoms with van der Waals surface area (Å²) in [4.78, 5) is 30.0. The maximum Gasteiger partial charge on any atom is 0.252 e. The Labute approximate surface area is 201 Å². The number of nitrogens with zero attached hydrogens (tertiary/aromatic N) is 3. The van der Waals surface area contributed by atoms with Gasteiger partial charge in [0.25, 0.3) is 5.91 Å². The summed E-state index contributed by atoms with van der Waals surface area (Å²) >= 11 is 6.10. The normalized spacial score (nSPS) is 14.6. The lowest BCUT2D eigenvalue weighted by atomic mass is 9.97. The number of halogens is 2. The van der Waals surface area contributed by atoms with E-state index in [-0.39, 0.29) is 17.2 Å². The zero-order valence-electron chi connectivity index (χ0n) is 18.7. The molecule has 4 rings (SSSR count). The van der Waals surface area contributed by atoms with Crippen LogP contribution in [0.2, 0.25) is 5.02 Å². The SMILES string of the molecule is Cn1cc(NC(=O)[C@H](CC2CCCC2)NC(=O)c2ccc(F)c(Nc3ccncc3Cl)c2)cn1. The molecule has 1 aliphatic rings. The summed E-state index contributed by atoms with van der Waals surface area (Å²) in [5.74, 6) is -0.948. The largest absolute Gasteiger partial charge is 0.352 e. The average molecular weight is 485 g/mol. The highest BCUT2D eigenvalue weighted by Gasteiger charge is 2.27. The highest BCUT2D eigenvalue weighted by Crippen LogP contribution is 2.29. The van der Waals surface area contributed by atoms with Crippen molar-refractivity contribution in [3.05, 3.63) is 65.5 Å². The highest BCUT2D eigenvalue weighted by atomic mass is 35.5. The van der Waals surface area contributed by atoms with E-state index in [4.69, 9.17) is 11.6 Å². The standard InChI is InChI=1S/C24H26ClFN6O2/c1-32-14-17(12-28-32)29-24(34)22(10-15-4-2-3-5-15)31-23(33)16-6-7-19(26)21(11-16)30-20-8-9-27-13-18(20)25/h6-9,11-15,22H,2-5,10H2,1H3,(H,27,30)(H,29,34)(H,31,33)/t22-/m0/s1. The summed E-state index contributed by atoms with van der Waals surface area (Å²) in [5, 5.41) is 12.9. The van der Waals surface area contributed by atoms with Gasteiger partial charge in [0.05, 0.1) is 28.3 Å². The van der Waals surface area contributed by atoms with Gasteiger partial charge in [-0.3, -0.25) is 19.3 Å². The van der Waals surface area contributed by atoms with E-state index in [0.717, 1.165) is 25.7 Å². The lowest BCUT2D eigenvalue weighted by Crippen LogP contribution is -2.44. The molecule has 178 valence electrons. The van der Waals surface area contributed by atoms with Crippen molar-refractivity contribution >= 4 is 40.5 Å². The molecule has 2 amide bonds. The molecule has 3 aromatic rings. The number of carbonyl (C=O) groups excluding carboxylic acids is 2. The van der Waals surface area contributed by atoms with Gasteiger partial charge in [0.15, 0.2) is 0 Å². The Morgan fingerprint density at radius 2 is 2.00 bits per heavy atom. The van der Waals surface area contributed by atoms with Crippen LogP contribution in [0, 0.1) is 11.7 Å². The second-order valence-electron chi connectivity index (χ2n) is 8.48. The van der Waals surface area contributed by atoms with E-state index < -0.39 is 17.8 Å². The number of pyridine rings is 1. The molecule has 8 nitrogen and oxygen atoms in total. The van der Waals surface area contributed by atoms with Gasteiger partial charge < -0.3 is 16.0 Å². The smallest absolute Gasteiger partial charge is 0.252 e. The molecule has 0 spiro atoms. The van der Waals surface area contributed by atoms with Crippen LogP contribution in [0.1, 0.15) is 42.5 Å². The number of aromatic nitrogens is 3. The van der Waals surface area contributed by atoms with Gasteiger partial charge in [-0.2, -0.15) is 5.10 Å². The Kier molecular flexibility index (Phi) is 7.42. The minimum absolute atomic E-state index is 0.0907. The van der Waals surface area contributed by atoms with Crippen molar-refractivity contribution in [1.82, 2.24) is 20.1 Å². The van der Waals surface area contributed by atoms with Gasteiger partial charge >= 0.3 is 0 Å². The van der Waals surface area contributed by atoms with Gasteiger partial charge in [0.2, 0.25) is 5.91 Å². The van der Waals surface area contributed by atoms with Crippen LogP contribution in [-0.2, 0) is 11.8 Å². The Morgan fingerprint density at radius 3 is 2.71 bits per heavy atom. The van der Waals surface area contributed by atoms with Crippen LogP contribution in [0.5, 0.6) is 0 Å². The van der Waals surface area contributed by atoms with E-state index in [1.807, 2.05) is 0 Å². The van der Waals surface area contributed by atoms with E-state index in [2.05, 4.69) is 26.0 Å². The molecule has 0 unspecified atom stereocenters. The molecule has 0 saturated heterocycles. The van der Waals surface area contributed by atoms with Gasteiger partial charge in [0.1, 0.15) is 11.9 Å². The summed E-state index contributed by atoms with van der Waals surface area (Å²) in [6.45, 7) is 0. The third-order valence-electron chi connectivity index (χ3n) is 5.91. The maximum absolute atomic E-state index is 14.4. The predicted molar refractivity (Wildman–Crippen MR) is 129 cm³/mol. The van der Waals surface area contributed by atoms with Crippen LogP contribution in [-0.4, -0.2) is 32.6 Å². The molecule has 0 bridgehead atoms. The number of carbonyl (C=O) groups is 2. The number of hydrogen-bond acceptors (Lipinski definition) is 5. The fourth-order valence-corrected chi connectivity index (χ4v) is 4.32. The van der Waals surface area contributed by atoms with Gasteiger partial charge in [-0.25, -0.2) is 4.39 Å². The fraction of sp³-hybridized carbons (Fsp3) is 0.333. The molecule has 3 N–H and O–H groups in total. The summed E-state index contributed by atoms with van der Waals surface area (Å²) in [6.07, 6.45) is 11.1. The lowest BCUT2D eigenvalue weighted by Gasteiger charge is -2.21. The fourth-order valence-electron chi connectivity index (χ4n) is 4.15. The van der Waals surface area contributed by atoms with Crippen LogP contribution in [0.3, 0.4) is 0 Å². The molecule has 2 aromatic heterocycles. The van der Waals surface area contributed by atoms with Crippen molar-refractivity contribution < 1.29 is 14.0 Å². The average Bonchev–Trinajstić information content (AvgIpc) is 3.47. The molecule has 1 aliphatic carbocycles. The lowest BCUT2D eigenvalue weighted by molar-refractivity contribution is -0.118. The molecule has 2 heterocycles. The minimum Gasteiger partial charge on any atom is -0.352 e. The maximum atomic E-state index is 14.4. The zero-order chi connectivity index (χ0) is 24.1. The third-order valence-corrected chi connectivity index (χ3v) is 6.21. The van der Waals surface area contributed by atoms with Gasteiger partial charge in [-0.1, -0.05) is 37.3 Å². The Morgan fingerprint density at radius 1 is 1.21 bits per heavy atom. The Hall–Kier alpha value is -3.46. The van der Waals surface area contributed by atoms with Crippen molar-refractivity contribution in [2.75, 3.05) is 10.6 Å². The monoisotopic (exact) mass is 484 g/mol. The quantitative estimate of drug-likeness (QED) is 0.431. The topological polar surface area (TPSA) is 101 Å². The van der Waals surface area contributed by atoms with Crippen molar-refractivity contribution in [2.45, 2.75) is 38.1 Å². The molecule has 1 aromatic carbocycles. The Balaban J connectivity index is 1.50. The van der Waals surface area contributed by atoms with E-state index in [1.54, 1.807) is 30.2 Å². The number of anilines is 3. The van der Waals surface area contributed by atoms with Crippen LogP contribution >= 0.6 is 11.6 Å². The van der Waals surface area contributed by atoms with Crippen LogP contribution in [0.4, 0.5) is 21.5 Å². The first-order valence-corrected chi connectivity index (χ1v) is 11.5. The van der Waals surface area contributed by atoms with Crippen molar-refractivity contribution in [3.8, 4) is 0 Å². The first-order valence-electron chi connectivity index (χ1n) is 11.2. The summed E-state index contributed by atoms with van der Waals surface area (Å²) in [6, 6.07) is 4.86. The molecule has 1 atom stereocenters. The first-order chi connectivity index (χ1) is 16.4. The van der Waals surface area contributed by atoms with Crippen molar-refractivity contribution in [2.24, 2.45) is 13.0 Å². The van der Waals surface area contributed by atoms with Crippen LogP contribution in [0.15, 0.2) is 49.1 Å². The summed E-state index contributed by atoms with van der Waals surface area (Å²) < 4.78 is 16.0. The highest BCUT2D eigenvalue weighted by molar-refractivity contribution is 6.33. The van der Waals surface area contributed by atoms with E-state index in [0.29, 0.717) is 28.7 Å². The van der Waals surface area contributed by atoms with E-state index in [9.17, 15) is 14.0 Å². The van der Waals surface area contributed by atoms with Gasteiger partial charge in [-0.15, -0.1) is 0 Å². The second kappa shape index (κ2) is 10.6. The van der Waals surface area contributed by atoms with Crippen LogP contribution in [0.25, 0.3) is 0 Å².